The van der Waals surface area contributed by atoms with Gasteiger partial charge in [0.1, 0.15) is 11.6 Å². The van der Waals surface area contributed by atoms with Crippen LogP contribution in [0.3, 0.4) is 0 Å². The van der Waals surface area contributed by atoms with Crippen molar-refractivity contribution in [3.05, 3.63) is 48.2 Å². The lowest BCUT2D eigenvalue weighted by atomic mass is 10.2. The molecule has 2 heterocycles. The molecule has 1 aliphatic rings. The van der Waals surface area contributed by atoms with Crippen LogP contribution in [0.25, 0.3) is 0 Å². The molecule has 1 aliphatic heterocycles. The molecular weight excluding hydrogens is 326 g/mol. The van der Waals surface area contributed by atoms with Crippen molar-refractivity contribution in [2.45, 2.75) is 13.8 Å². The number of anilines is 2. The minimum absolute atomic E-state index is 0.269. The van der Waals surface area contributed by atoms with E-state index in [0.29, 0.717) is 0 Å². The molecule has 6 heteroatoms. The van der Waals surface area contributed by atoms with Crippen LogP contribution in [0.15, 0.2) is 47.7 Å². The Hall–Kier alpha value is -2.76. The molecule has 0 atom stereocenters. The van der Waals surface area contributed by atoms with Crippen LogP contribution in [0.2, 0.25) is 0 Å². The molecule has 0 unspecified atom stereocenters. The zero-order chi connectivity index (χ0) is 18.4. The molecule has 1 aromatic carbocycles. The van der Waals surface area contributed by atoms with E-state index in [2.05, 4.69) is 33.7 Å². The lowest BCUT2D eigenvalue weighted by molar-refractivity contribution is 0.271. The number of piperazine rings is 1. The highest BCUT2D eigenvalue weighted by Crippen LogP contribution is 2.23. The van der Waals surface area contributed by atoms with Gasteiger partial charge in [0.2, 0.25) is 0 Å². The van der Waals surface area contributed by atoms with Crippen molar-refractivity contribution >= 4 is 17.7 Å². The van der Waals surface area contributed by atoms with E-state index in [1.54, 1.807) is 6.21 Å². The standard InChI is InChI=1S/C20H27N5O/c1-3-23(4-2)18-9-8-17(19(26)15-18)16-22-25-13-11-24(12-14-25)20-7-5-6-10-21-20/h5-10,15-16,26H,3-4,11-14H2,1-2H3/b22-16-. The van der Waals surface area contributed by atoms with Gasteiger partial charge in [-0.3, -0.25) is 5.01 Å². The summed E-state index contributed by atoms with van der Waals surface area (Å²) in [7, 11) is 0. The van der Waals surface area contributed by atoms with Crippen LogP contribution in [0.1, 0.15) is 19.4 Å². The van der Waals surface area contributed by atoms with Crippen molar-refractivity contribution in [1.29, 1.82) is 0 Å². The quantitative estimate of drug-likeness (QED) is 0.810. The van der Waals surface area contributed by atoms with Gasteiger partial charge in [-0.15, -0.1) is 0 Å². The van der Waals surface area contributed by atoms with E-state index in [4.69, 9.17) is 0 Å². The van der Waals surface area contributed by atoms with Crippen LogP contribution in [0.4, 0.5) is 11.5 Å². The molecule has 1 fully saturated rings. The summed E-state index contributed by atoms with van der Waals surface area (Å²) in [5, 5.41) is 16.9. The zero-order valence-corrected chi connectivity index (χ0v) is 15.5. The van der Waals surface area contributed by atoms with Crippen LogP contribution in [0.5, 0.6) is 5.75 Å². The Balaban J connectivity index is 1.59. The van der Waals surface area contributed by atoms with Gasteiger partial charge in [-0.1, -0.05) is 6.07 Å². The van der Waals surface area contributed by atoms with E-state index < -0.39 is 0 Å². The monoisotopic (exact) mass is 353 g/mol. The van der Waals surface area contributed by atoms with Gasteiger partial charge >= 0.3 is 0 Å². The molecule has 0 amide bonds. The Morgan fingerprint density at radius 2 is 1.88 bits per heavy atom. The molecule has 0 saturated carbocycles. The molecule has 0 aliphatic carbocycles. The number of hydrazone groups is 1. The summed E-state index contributed by atoms with van der Waals surface area (Å²) >= 11 is 0. The average Bonchev–Trinajstić information content (AvgIpc) is 2.69. The van der Waals surface area contributed by atoms with Gasteiger partial charge < -0.3 is 14.9 Å². The van der Waals surface area contributed by atoms with E-state index in [0.717, 1.165) is 56.3 Å². The number of pyridine rings is 1. The Morgan fingerprint density at radius 3 is 2.50 bits per heavy atom. The topological polar surface area (TPSA) is 55.2 Å². The van der Waals surface area contributed by atoms with Gasteiger partial charge in [0.25, 0.3) is 0 Å². The summed E-state index contributed by atoms with van der Waals surface area (Å²) in [6.07, 6.45) is 3.57. The first-order chi connectivity index (χ1) is 12.7. The second-order valence-electron chi connectivity index (χ2n) is 6.29. The molecular formula is C20H27N5O. The number of hydrogen-bond acceptors (Lipinski definition) is 6. The van der Waals surface area contributed by atoms with Gasteiger partial charge in [-0.05, 0) is 38.1 Å². The van der Waals surface area contributed by atoms with E-state index >= 15 is 0 Å². The highest BCUT2D eigenvalue weighted by atomic mass is 16.3. The Kier molecular flexibility index (Phi) is 5.94. The number of aromatic hydroxyl groups is 1. The van der Waals surface area contributed by atoms with Crippen LogP contribution in [0, 0.1) is 0 Å². The number of hydrogen-bond donors (Lipinski definition) is 1. The molecule has 26 heavy (non-hydrogen) atoms. The Bertz CT molecular complexity index is 722. The fourth-order valence-electron chi connectivity index (χ4n) is 3.15. The highest BCUT2D eigenvalue weighted by Gasteiger charge is 2.16. The van der Waals surface area contributed by atoms with Gasteiger partial charge in [-0.2, -0.15) is 5.10 Å². The van der Waals surface area contributed by atoms with Gasteiger partial charge in [0.05, 0.1) is 19.3 Å². The third kappa shape index (κ3) is 4.25. The number of phenols is 1. The molecule has 0 radical (unpaired) electrons. The lowest BCUT2D eigenvalue weighted by Gasteiger charge is -2.33. The third-order valence-electron chi connectivity index (χ3n) is 4.73. The summed E-state index contributed by atoms with van der Waals surface area (Å²) in [6, 6.07) is 11.8. The van der Waals surface area contributed by atoms with E-state index in [1.807, 2.05) is 47.6 Å². The number of rotatable bonds is 6. The Morgan fingerprint density at radius 1 is 1.12 bits per heavy atom. The smallest absolute Gasteiger partial charge is 0.128 e. The summed E-state index contributed by atoms with van der Waals surface area (Å²) in [6.45, 7) is 9.52. The van der Waals surface area contributed by atoms with Crippen molar-refractivity contribution in [2.24, 2.45) is 5.10 Å². The summed E-state index contributed by atoms with van der Waals surface area (Å²) in [5.74, 6) is 1.28. The lowest BCUT2D eigenvalue weighted by Crippen LogP contribution is -2.44. The molecule has 3 rings (SSSR count). The minimum Gasteiger partial charge on any atom is -0.507 e. The fourth-order valence-corrected chi connectivity index (χ4v) is 3.15. The van der Waals surface area contributed by atoms with Crippen LogP contribution < -0.4 is 9.80 Å². The van der Waals surface area contributed by atoms with Crippen LogP contribution >= 0.6 is 0 Å². The molecule has 138 valence electrons. The third-order valence-corrected chi connectivity index (χ3v) is 4.73. The van der Waals surface area contributed by atoms with E-state index in [1.165, 1.54) is 0 Å². The number of benzene rings is 1. The zero-order valence-electron chi connectivity index (χ0n) is 15.5. The maximum Gasteiger partial charge on any atom is 0.128 e. The van der Waals surface area contributed by atoms with Gasteiger partial charge in [0, 0.05) is 49.7 Å². The van der Waals surface area contributed by atoms with E-state index in [9.17, 15) is 5.11 Å². The van der Waals surface area contributed by atoms with E-state index in [-0.39, 0.29) is 5.75 Å². The SMILES string of the molecule is CCN(CC)c1ccc(/C=N\N2CCN(c3ccccn3)CC2)c(O)c1. The fraction of sp³-hybridized carbons (Fsp3) is 0.400. The number of aromatic nitrogens is 1. The maximum atomic E-state index is 10.3. The second kappa shape index (κ2) is 8.56. The number of nitrogens with zero attached hydrogens (tertiary/aromatic N) is 5. The first-order valence-corrected chi connectivity index (χ1v) is 9.24. The molecule has 1 N–H and O–H groups in total. The number of phenolic OH excluding ortho intramolecular Hbond substituents is 1. The van der Waals surface area contributed by atoms with Crippen LogP contribution in [-0.4, -0.2) is 60.6 Å². The molecule has 2 aromatic rings. The van der Waals surface area contributed by atoms with Gasteiger partial charge in [-0.25, -0.2) is 4.98 Å². The predicted molar refractivity (Wildman–Crippen MR) is 107 cm³/mol. The summed E-state index contributed by atoms with van der Waals surface area (Å²) in [5.41, 5.74) is 1.78. The van der Waals surface area contributed by atoms with Crippen molar-refractivity contribution in [3.63, 3.8) is 0 Å². The maximum absolute atomic E-state index is 10.3. The molecule has 1 aromatic heterocycles. The summed E-state index contributed by atoms with van der Waals surface area (Å²) < 4.78 is 0. The first-order valence-electron chi connectivity index (χ1n) is 9.24. The highest BCUT2D eigenvalue weighted by molar-refractivity contribution is 5.84. The van der Waals surface area contributed by atoms with Gasteiger partial charge in [0.15, 0.2) is 0 Å². The summed E-state index contributed by atoms with van der Waals surface area (Å²) in [4.78, 5) is 8.87. The van der Waals surface area contributed by atoms with Crippen molar-refractivity contribution in [2.75, 3.05) is 49.1 Å². The molecule has 6 nitrogen and oxygen atoms in total. The van der Waals surface area contributed by atoms with Crippen molar-refractivity contribution in [1.82, 2.24) is 9.99 Å². The van der Waals surface area contributed by atoms with Crippen molar-refractivity contribution < 1.29 is 5.11 Å². The molecule has 0 bridgehead atoms. The Labute approximate surface area is 155 Å². The van der Waals surface area contributed by atoms with Crippen LogP contribution in [-0.2, 0) is 0 Å². The molecule has 0 spiro atoms. The largest absolute Gasteiger partial charge is 0.507 e. The second-order valence-corrected chi connectivity index (χ2v) is 6.29. The minimum atomic E-state index is 0.269. The predicted octanol–water partition coefficient (Wildman–Crippen LogP) is 2.79. The average molecular weight is 353 g/mol. The normalized spacial score (nSPS) is 14.8. The first kappa shape index (κ1) is 18.0. The van der Waals surface area contributed by atoms with Crippen molar-refractivity contribution in [3.8, 4) is 5.75 Å². The molecule has 1 saturated heterocycles.